The Bertz CT molecular complexity index is 3680. The fraction of sp³-hybridized carbons (Fsp3) is 0.662. The molecule has 44 heteroatoms. The maximum atomic E-state index is 14.9. The molecule has 0 spiro atoms. The van der Waals surface area contributed by atoms with Gasteiger partial charge in [-0.2, -0.15) is 0 Å². The summed E-state index contributed by atoms with van der Waals surface area (Å²) in [7, 11) is 0. The van der Waals surface area contributed by atoms with Crippen molar-refractivity contribution >= 4 is 118 Å². The third-order valence-corrected chi connectivity index (χ3v) is 19.6. The number of guanidine groups is 2. The number of rotatable bonds is 44. The van der Waals surface area contributed by atoms with Crippen LogP contribution < -0.4 is 82.3 Å². The number of nitrogens with two attached hydrogens (primary N) is 6. The normalized spacial score (nSPS) is 20.0. The molecule has 618 valence electrons. The number of amides is 15. The molecular weight excluding hydrogens is 1470 g/mol. The number of carbonyl (C=O) groups is 18. The number of primary amides is 2. The Morgan fingerprint density at radius 2 is 0.884 bits per heavy atom. The van der Waals surface area contributed by atoms with E-state index in [1.165, 1.54) is 27.2 Å². The van der Waals surface area contributed by atoms with E-state index < -0.39 is 230 Å². The molecule has 112 heavy (non-hydrogen) atoms. The minimum absolute atomic E-state index is 0.00448. The molecule has 25 N–H and O–H groups in total. The molecule has 15 amide bonds. The first-order valence-corrected chi connectivity index (χ1v) is 37.3. The van der Waals surface area contributed by atoms with E-state index in [0.29, 0.717) is 18.5 Å². The molecule has 0 radical (unpaired) electrons. The second kappa shape index (κ2) is 43.0. The average molecular weight is 1580 g/mol. The first kappa shape index (κ1) is 89.1. The maximum absolute atomic E-state index is 14.9. The number of aromatic nitrogens is 2. The van der Waals surface area contributed by atoms with Crippen molar-refractivity contribution in [2.75, 3.05) is 39.3 Å². The van der Waals surface area contributed by atoms with Crippen molar-refractivity contribution in [1.29, 1.82) is 0 Å². The Balaban J connectivity index is 1.16. The van der Waals surface area contributed by atoms with E-state index in [2.05, 4.69) is 67.8 Å². The van der Waals surface area contributed by atoms with Gasteiger partial charge in [-0.05, 0) is 115 Å². The molecule has 44 nitrogen and oxygen atoms in total. The van der Waals surface area contributed by atoms with Crippen LogP contribution in [0, 0.1) is 5.92 Å². The molecule has 0 bridgehead atoms. The summed E-state index contributed by atoms with van der Waals surface area (Å²) >= 11 is 0. The number of carboxylic acids is 3. The van der Waals surface area contributed by atoms with E-state index in [1.54, 1.807) is 13.8 Å². The van der Waals surface area contributed by atoms with Gasteiger partial charge in [0.2, 0.25) is 88.6 Å². The molecule has 13 atom stereocenters. The van der Waals surface area contributed by atoms with Gasteiger partial charge in [0, 0.05) is 83.3 Å². The van der Waals surface area contributed by atoms with Crippen molar-refractivity contribution in [3.05, 3.63) is 18.2 Å². The van der Waals surface area contributed by atoms with Gasteiger partial charge in [-0.25, -0.2) is 9.78 Å². The van der Waals surface area contributed by atoms with Gasteiger partial charge in [0.25, 0.3) is 0 Å². The van der Waals surface area contributed by atoms with Crippen LogP contribution in [0.15, 0.2) is 22.5 Å². The second-order valence-electron chi connectivity index (χ2n) is 28.6. The lowest BCUT2D eigenvalue weighted by Gasteiger charge is -2.34. The molecule has 0 aliphatic carbocycles. The van der Waals surface area contributed by atoms with Gasteiger partial charge in [-0.1, -0.05) is 13.8 Å². The van der Waals surface area contributed by atoms with Crippen LogP contribution in [0.3, 0.4) is 0 Å². The number of aliphatic carboxylic acids is 3. The zero-order valence-corrected chi connectivity index (χ0v) is 62.5. The van der Waals surface area contributed by atoms with Crippen molar-refractivity contribution in [2.24, 2.45) is 50.3 Å². The highest BCUT2D eigenvalue weighted by Crippen LogP contribution is 2.29. The standard InChI is InChI=1S/C68H105N23O21/c1-34(2)29-42(85-60(105)45-11-5-25-88(45)64(109)47-13-7-27-90(47)62(107)40(10-4-24-77-68(73)74)83-57(102)39(18-22-52(95)96)81-55(100)37-17-21-51(94)79-37)58(103)82-38(15-19-49(69)92)56(101)84-41(16-20-50(70)93)63(108)91-28-8-14-48(91)65(110)89-26-6-12-46(89)61(106)86-43(30-35-32-75-33-78-35)59(104)80-36(9-3-23-76-67(71)72)54(99)87-44(66(111)112)31-53(97)98/h32-34,36-48H,3-31H2,1-2H3,(H2,69,92)(H2,70,93)(H,75,78)(H,79,94)(H,80,104)(H,81,100)(H,82,103)(H,83,102)(H,84,101)(H,85,105)(H,86,106)(H,87,99)(H,95,96)(H,97,98)(H,111,112)(H4,71,72,76)(H4,73,74,77). The highest BCUT2D eigenvalue weighted by atomic mass is 16.4. The maximum Gasteiger partial charge on any atom is 0.326 e. The third kappa shape index (κ3) is 27.1. The average Bonchev–Trinajstić information content (AvgIpc) is 1.64. The lowest BCUT2D eigenvalue weighted by molar-refractivity contribution is -0.148. The van der Waals surface area contributed by atoms with Crippen molar-refractivity contribution in [2.45, 2.75) is 240 Å². The third-order valence-electron chi connectivity index (χ3n) is 19.6. The van der Waals surface area contributed by atoms with Gasteiger partial charge in [0.05, 0.1) is 12.7 Å². The van der Waals surface area contributed by atoms with Crippen LogP contribution in [0.4, 0.5) is 0 Å². The van der Waals surface area contributed by atoms with Crippen molar-refractivity contribution in [3.63, 3.8) is 0 Å². The van der Waals surface area contributed by atoms with Crippen LogP contribution in [0.5, 0.6) is 0 Å². The smallest absolute Gasteiger partial charge is 0.326 e. The Hall–Kier alpha value is -11.8. The van der Waals surface area contributed by atoms with Gasteiger partial charge in [-0.15, -0.1) is 0 Å². The topological polar surface area (TPSA) is 699 Å². The van der Waals surface area contributed by atoms with Crippen molar-refractivity contribution in [3.8, 4) is 0 Å². The van der Waals surface area contributed by atoms with Crippen molar-refractivity contribution < 1.29 is 102 Å². The summed E-state index contributed by atoms with van der Waals surface area (Å²) in [6, 6.07) is -18.5. The molecule has 5 aliphatic rings. The van der Waals surface area contributed by atoms with Crippen LogP contribution in [-0.4, -0.2) is 281 Å². The number of imidazole rings is 1. The number of aromatic amines is 1. The lowest BCUT2D eigenvalue weighted by atomic mass is 10.0. The zero-order chi connectivity index (χ0) is 82.6. The highest BCUT2D eigenvalue weighted by Gasteiger charge is 2.48. The van der Waals surface area contributed by atoms with E-state index in [9.17, 15) is 102 Å². The Kier molecular flexibility index (Phi) is 34.2. The van der Waals surface area contributed by atoms with E-state index in [1.807, 2.05) is 0 Å². The minimum atomic E-state index is -1.91. The first-order valence-electron chi connectivity index (χ1n) is 37.3. The predicted molar refractivity (Wildman–Crippen MR) is 391 cm³/mol. The molecule has 5 aliphatic heterocycles. The number of carbonyl (C=O) groups excluding carboxylic acids is 15. The SMILES string of the molecule is CC(C)CC(NC(=O)C1CCCN1C(=O)C1CCCN1C(=O)C(CCCN=C(N)N)NC(=O)C(CCC(=O)O)NC(=O)C1CCC(=O)N1)C(=O)NC(CCC(N)=O)C(=O)NC(CCC(N)=O)C(=O)N1CCCC1C(=O)N1CCCC1C(=O)NC(Cc1cnc[nH]1)C(=O)NC(CCCN=C(N)N)C(=O)NC(CC(=O)O)C(=O)O. The minimum Gasteiger partial charge on any atom is -0.481 e. The summed E-state index contributed by atoms with van der Waals surface area (Å²) in [5, 5.41) is 51.2. The summed E-state index contributed by atoms with van der Waals surface area (Å²) in [4.78, 5) is 264. The Morgan fingerprint density at radius 3 is 1.32 bits per heavy atom. The number of hydrogen-bond acceptors (Lipinski definition) is 21. The zero-order valence-electron chi connectivity index (χ0n) is 62.5. The van der Waals surface area contributed by atoms with Gasteiger partial charge in [0.15, 0.2) is 11.9 Å². The largest absolute Gasteiger partial charge is 0.481 e. The van der Waals surface area contributed by atoms with E-state index in [-0.39, 0.29) is 147 Å². The molecule has 1 aromatic rings. The molecule has 6 heterocycles. The van der Waals surface area contributed by atoms with Crippen LogP contribution in [0.25, 0.3) is 0 Å². The number of aliphatic imine (C=N–C) groups is 2. The lowest BCUT2D eigenvalue weighted by Crippen LogP contribution is -2.60. The number of nitrogens with zero attached hydrogens (tertiary/aromatic N) is 7. The van der Waals surface area contributed by atoms with Crippen molar-refractivity contribution in [1.82, 2.24) is 77.4 Å². The van der Waals surface area contributed by atoms with E-state index >= 15 is 0 Å². The summed E-state index contributed by atoms with van der Waals surface area (Å²) in [6.07, 6.45) is -0.190. The highest BCUT2D eigenvalue weighted by molar-refractivity contribution is 6.01. The molecule has 0 aromatic carbocycles. The van der Waals surface area contributed by atoms with Gasteiger partial charge >= 0.3 is 17.9 Å². The molecule has 5 fully saturated rings. The van der Waals surface area contributed by atoms with Crippen LogP contribution in [0.1, 0.15) is 161 Å². The second-order valence-corrected chi connectivity index (χ2v) is 28.6. The van der Waals surface area contributed by atoms with E-state index in [0.717, 1.165) is 4.90 Å². The van der Waals surface area contributed by atoms with Crippen LogP contribution >= 0.6 is 0 Å². The quantitative estimate of drug-likeness (QED) is 0.0164. The number of carboxylic acid groups (broad SMARTS) is 3. The summed E-state index contributed by atoms with van der Waals surface area (Å²) in [5.74, 6) is -18.0. The summed E-state index contributed by atoms with van der Waals surface area (Å²) in [6.45, 7) is 3.38. The Labute approximate surface area is 643 Å². The number of nitrogens with one attached hydrogen (secondary N) is 10. The fourth-order valence-electron chi connectivity index (χ4n) is 14.0. The Morgan fingerprint density at radius 1 is 0.482 bits per heavy atom. The first-order chi connectivity index (χ1) is 53.0. The number of H-pyrrole nitrogens is 1. The molecular formula is C68H105N23O21. The van der Waals surface area contributed by atoms with E-state index in [4.69, 9.17) is 34.4 Å². The molecule has 0 saturated carbocycles. The predicted octanol–water partition coefficient (Wildman–Crippen LogP) is -7.82. The van der Waals surface area contributed by atoms with Gasteiger partial charge < -0.3 is 122 Å². The summed E-state index contributed by atoms with van der Waals surface area (Å²) in [5.41, 5.74) is 33.4. The monoisotopic (exact) mass is 1580 g/mol. The van der Waals surface area contributed by atoms with Gasteiger partial charge in [0.1, 0.15) is 78.5 Å². The van der Waals surface area contributed by atoms with Crippen LogP contribution in [-0.2, 0) is 92.7 Å². The summed E-state index contributed by atoms with van der Waals surface area (Å²) < 4.78 is 0. The fourth-order valence-corrected chi connectivity index (χ4v) is 14.0. The number of likely N-dealkylation sites (tertiary alicyclic amines) is 4. The molecule has 13 unspecified atom stereocenters. The molecule has 5 saturated heterocycles. The number of hydrogen-bond donors (Lipinski definition) is 19. The molecule has 6 rings (SSSR count). The molecule has 1 aromatic heterocycles. The van der Waals surface area contributed by atoms with Gasteiger partial charge in [-0.3, -0.25) is 91.5 Å². The van der Waals surface area contributed by atoms with Crippen LogP contribution in [0.2, 0.25) is 0 Å².